The van der Waals surface area contributed by atoms with Crippen LogP contribution in [0.5, 0.6) is 5.75 Å². The average Bonchev–Trinajstić information content (AvgIpc) is 3.32. The molecule has 1 aromatic carbocycles. The number of nitrogens with zero attached hydrogens (tertiary/aromatic N) is 4. The zero-order valence-corrected chi connectivity index (χ0v) is 20.9. The first kappa shape index (κ1) is 23.2. The number of methoxy groups -OCH3 is 1. The molecule has 1 amide bonds. The molecule has 3 aromatic rings. The van der Waals surface area contributed by atoms with Crippen molar-refractivity contribution in [1.82, 2.24) is 25.1 Å². The maximum absolute atomic E-state index is 12.8. The summed E-state index contributed by atoms with van der Waals surface area (Å²) in [4.78, 5) is 24.3. The smallest absolute Gasteiger partial charge is 0.410 e. The number of hydrogen-bond donors (Lipinski definition) is 3. The van der Waals surface area contributed by atoms with Crippen LogP contribution in [0.2, 0.25) is 0 Å². The number of nitrogens with one attached hydrogen (secondary N) is 3. The summed E-state index contributed by atoms with van der Waals surface area (Å²) in [5, 5.41) is 15.0. The molecule has 10 heteroatoms. The van der Waals surface area contributed by atoms with Gasteiger partial charge in [-0.25, -0.2) is 9.78 Å². The number of aromatic amines is 1. The number of fused-ring (bicyclic) bond motifs is 3. The van der Waals surface area contributed by atoms with Crippen molar-refractivity contribution in [2.24, 2.45) is 0 Å². The maximum Gasteiger partial charge on any atom is 0.410 e. The Hall–Kier alpha value is -3.56. The number of rotatable bonds is 5. The predicted molar refractivity (Wildman–Crippen MR) is 134 cm³/mol. The predicted octanol–water partition coefficient (Wildman–Crippen LogP) is 4.76. The Morgan fingerprint density at radius 3 is 2.51 bits per heavy atom. The van der Waals surface area contributed by atoms with E-state index in [1.807, 2.05) is 56.9 Å². The van der Waals surface area contributed by atoms with Crippen LogP contribution in [0.25, 0.3) is 10.9 Å². The van der Waals surface area contributed by atoms with Gasteiger partial charge in [-0.15, -0.1) is 0 Å². The third-order valence-corrected chi connectivity index (χ3v) is 6.53. The topological polar surface area (TPSA) is 117 Å². The normalized spacial score (nSPS) is 21.7. The van der Waals surface area contributed by atoms with Crippen LogP contribution in [0.15, 0.2) is 24.3 Å². The minimum Gasteiger partial charge on any atom is -0.497 e. The number of aryl methyl sites for hydroxylation is 1. The maximum atomic E-state index is 12.8. The van der Waals surface area contributed by atoms with Crippen LogP contribution in [0.1, 0.15) is 52.1 Å². The van der Waals surface area contributed by atoms with Gasteiger partial charge in [-0.1, -0.05) is 0 Å². The second-order valence-electron chi connectivity index (χ2n) is 10.4. The van der Waals surface area contributed by atoms with Crippen molar-refractivity contribution >= 4 is 34.6 Å². The first-order valence-electron chi connectivity index (χ1n) is 12.1. The molecule has 2 aliphatic heterocycles. The number of hydrogen-bond acceptors (Lipinski definition) is 8. The molecular weight excluding hydrogens is 446 g/mol. The van der Waals surface area contributed by atoms with E-state index in [1.54, 1.807) is 7.11 Å². The van der Waals surface area contributed by atoms with Crippen molar-refractivity contribution in [3.8, 4) is 5.75 Å². The van der Waals surface area contributed by atoms with Crippen molar-refractivity contribution in [3.63, 3.8) is 0 Å². The summed E-state index contributed by atoms with van der Waals surface area (Å²) in [5.41, 5.74) is 1.23. The number of ether oxygens (including phenoxy) is 2. The number of benzene rings is 1. The molecule has 2 saturated heterocycles. The monoisotopic (exact) mass is 479 g/mol. The lowest BCUT2D eigenvalue weighted by Crippen LogP contribution is -2.51. The third kappa shape index (κ3) is 4.96. The molecule has 10 nitrogen and oxygen atoms in total. The quantitative estimate of drug-likeness (QED) is 0.480. The Morgan fingerprint density at radius 2 is 1.89 bits per heavy atom. The zero-order chi connectivity index (χ0) is 24.7. The van der Waals surface area contributed by atoms with Crippen LogP contribution in [-0.2, 0) is 4.74 Å². The standard InChI is InChI=1S/C25H33N7O3/c1-14-10-21(31-30-14)28-22-19-9-8-18(34-5)13-20(19)27-23(29-22)26-15-11-16-6-7-17(12-15)32(16)24(33)35-25(2,3)4/h8-10,13,15-17H,6-7,11-12H2,1-5H3,(H3,26,27,28,29,30,31). The number of piperidine rings is 1. The number of anilines is 3. The molecule has 0 aliphatic carbocycles. The van der Waals surface area contributed by atoms with Gasteiger partial charge in [0.05, 0.1) is 12.6 Å². The molecule has 2 fully saturated rings. The Balaban J connectivity index is 1.38. The SMILES string of the molecule is COc1ccc2c(Nc3cc(C)[nH]n3)nc(NC3CC4CCC(C3)N4C(=O)OC(C)(C)C)nc2c1. The third-order valence-electron chi connectivity index (χ3n) is 6.53. The van der Waals surface area contributed by atoms with Crippen LogP contribution in [0, 0.1) is 6.92 Å². The fourth-order valence-corrected chi connectivity index (χ4v) is 5.09. The van der Waals surface area contributed by atoms with Crippen LogP contribution in [-0.4, -0.2) is 62.0 Å². The van der Waals surface area contributed by atoms with Crippen molar-refractivity contribution < 1.29 is 14.3 Å². The summed E-state index contributed by atoms with van der Waals surface area (Å²) in [6.07, 6.45) is 3.43. The summed E-state index contributed by atoms with van der Waals surface area (Å²) in [6.45, 7) is 7.67. The van der Waals surface area contributed by atoms with Gasteiger partial charge in [0.2, 0.25) is 5.95 Å². The van der Waals surface area contributed by atoms with Gasteiger partial charge in [0.1, 0.15) is 17.2 Å². The average molecular weight is 480 g/mol. The molecule has 2 aliphatic rings. The molecular formula is C25H33N7O3. The molecule has 2 atom stereocenters. The van der Waals surface area contributed by atoms with E-state index in [2.05, 4.69) is 20.8 Å². The Morgan fingerprint density at radius 1 is 1.14 bits per heavy atom. The molecule has 2 bridgehead atoms. The Kier molecular flexibility index (Phi) is 5.90. The highest BCUT2D eigenvalue weighted by Crippen LogP contribution is 2.38. The minimum atomic E-state index is -0.498. The molecule has 0 saturated carbocycles. The number of H-pyrrole nitrogens is 1. The highest BCUT2D eigenvalue weighted by Gasteiger charge is 2.45. The summed E-state index contributed by atoms with van der Waals surface area (Å²) in [7, 11) is 1.64. The molecule has 3 N–H and O–H groups in total. The van der Waals surface area contributed by atoms with Crippen LogP contribution >= 0.6 is 0 Å². The highest BCUT2D eigenvalue weighted by atomic mass is 16.6. The number of carbonyl (C=O) groups is 1. The van der Waals surface area contributed by atoms with Gasteiger partial charge in [0, 0.05) is 41.3 Å². The van der Waals surface area contributed by atoms with Gasteiger partial charge < -0.3 is 25.0 Å². The highest BCUT2D eigenvalue weighted by molar-refractivity contribution is 5.92. The van der Waals surface area contributed by atoms with Crippen molar-refractivity contribution in [2.75, 3.05) is 17.7 Å². The van der Waals surface area contributed by atoms with Crippen molar-refractivity contribution in [3.05, 3.63) is 30.0 Å². The second kappa shape index (κ2) is 8.90. The van der Waals surface area contributed by atoms with Gasteiger partial charge in [-0.05, 0) is 65.5 Å². The number of aromatic nitrogens is 4. The van der Waals surface area contributed by atoms with Crippen molar-refractivity contribution in [2.45, 2.75) is 77.1 Å². The lowest BCUT2D eigenvalue weighted by atomic mass is 9.98. The molecule has 0 spiro atoms. The summed E-state index contributed by atoms with van der Waals surface area (Å²) < 4.78 is 11.1. The fraction of sp³-hybridized carbons (Fsp3) is 0.520. The Bertz CT molecular complexity index is 1220. The number of carbonyl (C=O) groups excluding carboxylic acids is 1. The second-order valence-corrected chi connectivity index (χ2v) is 10.4. The van der Waals surface area contributed by atoms with E-state index < -0.39 is 5.60 Å². The van der Waals surface area contributed by atoms with Gasteiger partial charge >= 0.3 is 6.09 Å². The molecule has 4 heterocycles. The largest absolute Gasteiger partial charge is 0.497 e. The van der Waals surface area contributed by atoms with E-state index in [-0.39, 0.29) is 24.2 Å². The van der Waals surface area contributed by atoms with E-state index in [4.69, 9.17) is 19.4 Å². The zero-order valence-electron chi connectivity index (χ0n) is 20.9. The molecule has 0 radical (unpaired) electrons. The molecule has 186 valence electrons. The molecule has 2 aromatic heterocycles. The lowest BCUT2D eigenvalue weighted by molar-refractivity contribution is 0.00682. The van der Waals surface area contributed by atoms with Crippen LogP contribution < -0.4 is 15.4 Å². The van der Waals surface area contributed by atoms with Crippen LogP contribution in [0.4, 0.5) is 22.4 Å². The molecule has 5 rings (SSSR count). The van der Waals surface area contributed by atoms with E-state index in [0.29, 0.717) is 17.6 Å². The fourth-order valence-electron chi connectivity index (χ4n) is 5.09. The van der Waals surface area contributed by atoms with E-state index >= 15 is 0 Å². The van der Waals surface area contributed by atoms with Gasteiger partial charge in [-0.3, -0.25) is 5.10 Å². The first-order chi connectivity index (χ1) is 16.7. The number of amides is 1. The minimum absolute atomic E-state index is 0.159. The lowest BCUT2D eigenvalue weighted by Gasteiger charge is -2.39. The summed E-state index contributed by atoms with van der Waals surface area (Å²) in [6, 6.07) is 8.14. The first-order valence-corrected chi connectivity index (χ1v) is 12.1. The van der Waals surface area contributed by atoms with E-state index in [0.717, 1.165) is 48.0 Å². The molecule has 35 heavy (non-hydrogen) atoms. The van der Waals surface area contributed by atoms with Gasteiger partial charge in [0.25, 0.3) is 0 Å². The summed E-state index contributed by atoms with van der Waals surface area (Å²) in [5.74, 6) is 2.62. The molecule has 2 unspecified atom stereocenters. The Labute approximate surface area is 204 Å². The van der Waals surface area contributed by atoms with Gasteiger partial charge in [-0.2, -0.15) is 10.1 Å². The van der Waals surface area contributed by atoms with E-state index in [1.165, 1.54) is 0 Å². The van der Waals surface area contributed by atoms with Crippen molar-refractivity contribution in [1.29, 1.82) is 0 Å². The summed E-state index contributed by atoms with van der Waals surface area (Å²) >= 11 is 0. The van der Waals surface area contributed by atoms with E-state index in [9.17, 15) is 4.79 Å². The van der Waals surface area contributed by atoms with Gasteiger partial charge in [0.15, 0.2) is 5.82 Å². The van der Waals surface area contributed by atoms with Crippen LogP contribution in [0.3, 0.4) is 0 Å².